The molecule has 0 bridgehead atoms. The van der Waals surface area contributed by atoms with E-state index in [4.69, 9.17) is 32.7 Å². The minimum absolute atomic E-state index is 0.0172. The van der Waals surface area contributed by atoms with Crippen molar-refractivity contribution >= 4 is 40.0 Å². The molecule has 154 valence electrons. The Labute approximate surface area is 190 Å². The number of nitrogens with one attached hydrogen (secondary N) is 1. The van der Waals surface area contributed by atoms with Crippen LogP contribution in [0.4, 0.5) is 0 Å². The van der Waals surface area contributed by atoms with E-state index in [2.05, 4.69) is 22.7 Å². The fraction of sp³-hybridized carbons (Fsp3) is 0.174. The van der Waals surface area contributed by atoms with Gasteiger partial charge in [0.05, 0.1) is 16.7 Å². The molecular formula is C23H20Cl2N2O2S. The summed E-state index contributed by atoms with van der Waals surface area (Å²) in [5.74, 6) is 1.38. The first-order valence-corrected chi connectivity index (χ1v) is 11.2. The van der Waals surface area contributed by atoms with Crippen LogP contribution in [0.15, 0.2) is 71.8 Å². The van der Waals surface area contributed by atoms with Crippen molar-refractivity contribution < 1.29 is 9.47 Å². The monoisotopic (exact) mass is 458 g/mol. The van der Waals surface area contributed by atoms with E-state index in [1.807, 2.05) is 49.4 Å². The van der Waals surface area contributed by atoms with Crippen LogP contribution in [0.5, 0.6) is 11.5 Å². The van der Waals surface area contributed by atoms with Gasteiger partial charge in [-0.3, -0.25) is 5.43 Å². The predicted molar refractivity (Wildman–Crippen MR) is 125 cm³/mol. The Morgan fingerprint density at radius 2 is 1.77 bits per heavy atom. The highest BCUT2D eigenvalue weighted by atomic mass is 35.5. The summed E-state index contributed by atoms with van der Waals surface area (Å²) in [6.45, 7) is 2.87. The van der Waals surface area contributed by atoms with Crippen molar-refractivity contribution in [3.05, 3.63) is 93.5 Å². The second-order valence-corrected chi connectivity index (χ2v) is 8.49. The van der Waals surface area contributed by atoms with Gasteiger partial charge in [-0.15, -0.1) is 0 Å². The lowest BCUT2D eigenvalue weighted by Crippen LogP contribution is -2.07. The summed E-state index contributed by atoms with van der Waals surface area (Å²) in [6, 6.07) is 21.6. The molecule has 4 rings (SSSR count). The van der Waals surface area contributed by atoms with E-state index in [0.717, 1.165) is 21.7 Å². The first-order chi connectivity index (χ1) is 14.6. The maximum absolute atomic E-state index is 6.09. The molecule has 0 aromatic heterocycles. The minimum Gasteiger partial charge on any atom is -0.490 e. The van der Waals surface area contributed by atoms with Crippen LogP contribution in [0.1, 0.15) is 29.0 Å². The molecule has 0 fully saturated rings. The third-order valence-corrected chi connectivity index (χ3v) is 6.38. The number of hydrazone groups is 1. The lowest BCUT2D eigenvalue weighted by atomic mass is 10.2. The second kappa shape index (κ2) is 9.65. The van der Waals surface area contributed by atoms with Crippen molar-refractivity contribution in [3.8, 4) is 11.5 Å². The summed E-state index contributed by atoms with van der Waals surface area (Å²) in [7, 11) is 0. The Morgan fingerprint density at radius 1 is 0.933 bits per heavy atom. The largest absolute Gasteiger partial charge is 0.490 e. The zero-order valence-corrected chi connectivity index (χ0v) is 18.6. The molecule has 4 nitrogen and oxygen atoms in total. The molecule has 0 radical (unpaired) electrons. The third-order valence-electron chi connectivity index (χ3n) is 4.48. The average Bonchev–Trinajstić information content (AvgIpc) is 3.26. The molecule has 0 saturated heterocycles. The molecule has 1 aliphatic rings. The fourth-order valence-electron chi connectivity index (χ4n) is 3.00. The van der Waals surface area contributed by atoms with Gasteiger partial charge in [-0.05, 0) is 42.3 Å². The number of nitrogens with zero attached hydrogens (tertiary/aromatic N) is 1. The fourth-order valence-corrected chi connectivity index (χ4v) is 4.31. The van der Waals surface area contributed by atoms with E-state index >= 15 is 0 Å². The molecule has 1 N–H and O–H groups in total. The average molecular weight is 459 g/mol. The summed E-state index contributed by atoms with van der Waals surface area (Å²) < 4.78 is 11.8. The standard InChI is InChI=1S/C23H20Cl2N2O2S/c1-2-28-21-13-17(23-27-26-22(30-23)16-6-4-3-5-7-16)9-11-20(21)29-14-15-8-10-18(24)19(25)12-15/h3-13,23,27H,2,14H2,1H3/t23-/m1/s1. The van der Waals surface area contributed by atoms with Crippen LogP contribution in [0.25, 0.3) is 0 Å². The van der Waals surface area contributed by atoms with Crippen LogP contribution < -0.4 is 14.9 Å². The first-order valence-electron chi connectivity index (χ1n) is 9.53. The van der Waals surface area contributed by atoms with Gasteiger partial charge >= 0.3 is 0 Å². The Morgan fingerprint density at radius 3 is 2.53 bits per heavy atom. The molecule has 3 aromatic carbocycles. The van der Waals surface area contributed by atoms with Gasteiger partial charge in [0.2, 0.25) is 0 Å². The molecule has 1 aliphatic heterocycles. The SMILES string of the molecule is CCOc1cc([C@@H]2NN=C(c3ccccc3)S2)ccc1OCc1ccc(Cl)c(Cl)c1. The van der Waals surface area contributed by atoms with Gasteiger partial charge in [-0.2, -0.15) is 5.10 Å². The van der Waals surface area contributed by atoms with E-state index in [9.17, 15) is 0 Å². The summed E-state index contributed by atoms with van der Waals surface area (Å²) >= 11 is 13.8. The molecule has 1 heterocycles. The van der Waals surface area contributed by atoms with E-state index in [1.54, 1.807) is 23.9 Å². The first kappa shape index (κ1) is 20.9. The highest BCUT2D eigenvalue weighted by Gasteiger charge is 2.23. The minimum atomic E-state index is 0.0172. The number of rotatable bonds is 7. The van der Waals surface area contributed by atoms with Crippen LogP contribution in [0, 0.1) is 0 Å². The normalized spacial score (nSPS) is 15.4. The lowest BCUT2D eigenvalue weighted by Gasteiger charge is -2.16. The van der Waals surface area contributed by atoms with Gasteiger partial charge in [0.1, 0.15) is 17.0 Å². The van der Waals surface area contributed by atoms with Crippen molar-refractivity contribution in [3.63, 3.8) is 0 Å². The Bertz CT molecular complexity index is 1060. The van der Waals surface area contributed by atoms with Crippen LogP contribution in [0.3, 0.4) is 0 Å². The van der Waals surface area contributed by atoms with Gasteiger partial charge in [0.25, 0.3) is 0 Å². The van der Waals surface area contributed by atoms with Gasteiger partial charge < -0.3 is 9.47 Å². The van der Waals surface area contributed by atoms with Gasteiger partial charge in [-0.1, -0.05) is 77.4 Å². The molecular weight excluding hydrogens is 439 g/mol. The highest BCUT2D eigenvalue weighted by Crippen LogP contribution is 2.38. The molecule has 0 unspecified atom stereocenters. The number of thioether (sulfide) groups is 1. The third kappa shape index (κ3) is 4.86. The zero-order valence-electron chi connectivity index (χ0n) is 16.3. The lowest BCUT2D eigenvalue weighted by molar-refractivity contribution is 0.269. The highest BCUT2D eigenvalue weighted by molar-refractivity contribution is 8.14. The van der Waals surface area contributed by atoms with Crippen molar-refractivity contribution in [1.82, 2.24) is 5.43 Å². The maximum atomic E-state index is 6.09. The van der Waals surface area contributed by atoms with Crippen molar-refractivity contribution in [1.29, 1.82) is 0 Å². The van der Waals surface area contributed by atoms with E-state index < -0.39 is 0 Å². The van der Waals surface area contributed by atoms with Crippen LogP contribution in [-0.2, 0) is 6.61 Å². The molecule has 0 saturated carbocycles. The molecule has 3 aromatic rings. The van der Waals surface area contributed by atoms with Gasteiger partial charge in [0.15, 0.2) is 11.5 Å². The number of hydrogen-bond donors (Lipinski definition) is 1. The molecule has 1 atom stereocenters. The van der Waals surface area contributed by atoms with Crippen LogP contribution in [-0.4, -0.2) is 11.7 Å². The number of hydrogen-bond acceptors (Lipinski definition) is 5. The Kier molecular flexibility index (Phi) is 6.72. The van der Waals surface area contributed by atoms with Crippen molar-refractivity contribution in [2.24, 2.45) is 5.10 Å². The topological polar surface area (TPSA) is 42.8 Å². The summed E-state index contributed by atoms with van der Waals surface area (Å²) in [5.41, 5.74) is 6.31. The second-order valence-electron chi connectivity index (χ2n) is 6.59. The molecule has 7 heteroatoms. The molecule has 0 amide bonds. The van der Waals surface area contributed by atoms with E-state index in [1.165, 1.54) is 0 Å². The number of benzene rings is 3. The molecule has 0 aliphatic carbocycles. The van der Waals surface area contributed by atoms with Gasteiger partial charge in [-0.25, -0.2) is 0 Å². The molecule has 0 spiro atoms. The van der Waals surface area contributed by atoms with E-state index in [-0.39, 0.29) is 5.37 Å². The van der Waals surface area contributed by atoms with Crippen molar-refractivity contribution in [2.45, 2.75) is 18.9 Å². The van der Waals surface area contributed by atoms with Crippen LogP contribution >= 0.6 is 35.0 Å². The summed E-state index contributed by atoms with van der Waals surface area (Å²) in [6.07, 6.45) is 0. The summed E-state index contributed by atoms with van der Waals surface area (Å²) in [4.78, 5) is 0. The zero-order chi connectivity index (χ0) is 20.9. The number of halogens is 2. The van der Waals surface area contributed by atoms with Gasteiger partial charge in [0, 0.05) is 5.56 Å². The smallest absolute Gasteiger partial charge is 0.161 e. The quantitative estimate of drug-likeness (QED) is 0.429. The predicted octanol–water partition coefficient (Wildman–Crippen LogP) is 6.67. The number of ether oxygens (including phenoxy) is 2. The summed E-state index contributed by atoms with van der Waals surface area (Å²) in [5, 5.41) is 6.51. The van der Waals surface area contributed by atoms with Crippen LogP contribution in [0.2, 0.25) is 10.0 Å². The maximum Gasteiger partial charge on any atom is 0.161 e. The van der Waals surface area contributed by atoms with E-state index in [0.29, 0.717) is 34.8 Å². The Hall–Kier alpha value is -2.34. The Balaban J connectivity index is 1.47. The molecule has 30 heavy (non-hydrogen) atoms. The van der Waals surface area contributed by atoms with Crippen molar-refractivity contribution in [2.75, 3.05) is 6.61 Å².